The number of amides is 1. The van der Waals surface area contributed by atoms with Gasteiger partial charge in [0, 0.05) is 5.56 Å². The van der Waals surface area contributed by atoms with Crippen molar-refractivity contribution in [1.29, 1.82) is 0 Å². The van der Waals surface area contributed by atoms with E-state index < -0.39 is 12.0 Å². The van der Waals surface area contributed by atoms with Crippen LogP contribution >= 0.6 is 11.6 Å². The number of hydrogen-bond donors (Lipinski definition) is 2. The lowest BCUT2D eigenvalue weighted by Gasteiger charge is -2.19. The van der Waals surface area contributed by atoms with Crippen LogP contribution in [0.1, 0.15) is 17.2 Å². The second-order valence-electron chi connectivity index (χ2n) is 4.35. The Kier molecular flexibility index (Phi) is 4.61. The van der Waals surface area contributed by atoms with Crippen molar-refractivity contribution in [2.24, 2.45) is 5.84 Å². The molecule has 1 atom stereocenters. The number of halogens is 1. The molecule has 0 saturated carbocycles. The summed E-state index contributed by atoms with van der Waals surface area (Å²) in [5.41, 5.74) is 3.80. The van der Waals surface area contributed by atoms with Gasteiger partial charge >= 0.3 is 0 Å². The minimum absolute atomic E-state index is 0.436. The molecule has 2 aromatic rings. The number of benzene rings is 2. The molecule has 0 aliphatic rings. The summed E-state index contributed by atoms with van der Waals surface area (Å²) >= 11 is 6.09. The predicted octanol–water partition coefficient (Wildman–Crippen LogP) is 2.76. The third-order valence-electron chi connectivity index (χ3n) is 2.81. The van der Waals surface area contributed by atoms with E-state index in [1.165, 1.54) is 0 Å². The molecule has 0 spiro atoms. The summed E-state index contributed by atoms with van der Waals surface area (Å²) in [6.45, 7) is 1.92. The first-order valence-electron chi connectivity index (χ1n) is 6.10. The van der Waals surface area contributed by atoms with Gasteiger partial charge in [0.1, 0.15) is 5.75 Å². The Balaban J connectivity index is 2.34. The lowest BCUT2D eigenvalue weighted by atomic mass is 10.1. The largest absolute Gasteiger partial charge is 0.474 e. The minimum atomic E-state index is -0.847. The Labute approximate surface area is 122 Å². The van der Waals surface area contributed by atoms with E-state index in [9.17, 15) is 4.79 Å². The lowest BCUT2D eigenvalue weighted by Crippen LogP contribution is -2.37. The molecule has 3 N–H and O–H groups in total. The standard InChI is InChI=1S/C15H15ClN2O2/c1-10-7-8-12(16)13(9-10)20-14(15(19)18-17)11-5-3-2-4-6-11/h2-9,14H,17H2,1H3,(H,18,19). The van der Waals surface area contributed by atoms with Crippen molar-refractivity contribution in [3.63, 3.8) is 0 Å². The number of carbonyl (C=O) groups is 1. The van der Waals surface area contributed by atoms with Gasteiger partial charge in [-0.2, -0.15) is 0 Å². The van der Waals surface area contributed by atoms with Gasteiger partial charge in [0.25, 0.3) is 5.91 Å². The number of carbonyl (C=O) groups excluding carboxylic acids is 1. The Morgan fingerprint density at radius 1 is 1.25 bits per heavy atom. The van der Waals surface area contributed by atoms with Crippen LogP contribution in [0.2, 0.25) is 5.02 Å². The van der Waals surface area contributed by atoms with Crippen LogP contribution in [-0.4, -0.2) is 5.91 Å². The first kappa shape index (κ1) is 14.4. The molecule has 0 aliphatic carbocycles. The van der Waals surface area contributed by atoms with Crippen LogP contribution in [0.5, 0.6) is 5.75 Å². The normalized spacial score (nSPS) is 11.8. The first-order chi connectivity index (χ1) is 9.61. The summed E-state index contributed by atoms with van der Waals surface area (Å²) in [6, 6.07) is 14.5. The molecule has 5 heteroatoms. The maximum Gasteiger partial charge on any atom is 0.279 e. The van der Waals surface area contributed by atoms with Crippen LogP contribution in [0.4, 0.5) is 0 Å². The summed E-state index contributed by atoms with van der Waals surface area (Å²) in [6.07, 6.45) is -0.847. The minimum Gasteiger partial charge on any atom is -0.474 e. The van der Waals surface area contributed by atoms with Gasteiger partial charge in [-0.05, 0) is 24.6 Å². The molecule has 0 bridgehead atoms. The highest BCUT2D eigenvalue weighted by Crippen LogP contribution is 2.30. The van der Waals surface area contributed by atoms with E-state index in [2.05, 4.69) is 5.43 Å². The first-order valence-corrected chi connectivity index (χ1v) is 6.48. The average Bonchev–Trinajstić information content (AvgIpc) is 2.48. The van der Waals surface area contributed by atoms with Gasteiger partial charge in [-0.3, -0.25) is 10.2 Å². The maximum absolute atomic E-state index is 11.9. The number of hydrogen-bond acceptors (Lipinski definition) is 3. The third kappa shape index (κ3) is 3.29. The van der Waals surface area contributed by atoms with E-state index in [1.54, 1.807) is 24.3 Å². The molecule has 0 aliphatic heterocycles. The van der Waals surface area contributed by atoms with Crippen molar-refractivity contribution in [3.8, 4) is 5.75 Å². The van der Waals surface area contributed by atoms with E-state index in [-0.39, 0.29) is 0 Å². The SMILES string of the molecule is Cc1ccc(Cl)c(OC(C(=O)NN)c2ccccc2)c1. The fourth-order valence-electron chi connectivity index (χ4n) is 1.80. The van der Waals surface area contributed by atoms with Crippen molar-refractivity contribution in [2.45, 2.75) is 13.0 Å². The third-order valence-corrected chi connectivity index (χ3v) is 3.13. The molecule has 2 rings (SSSR count). The summed E-state index contributed by atoms with van der Waals surface area (Å²) < 4.78 is 5.74. The Morgan fingerprint density at radius 2 is 1.95 bits per heavy atom. The average molecular weight is 291 g/mol. The molecule has 20 heavy (non-hydrogen) atoms. The van der Waals surface area contributed by atoms with Gasteiger partial charge < -0.3 is 4.74 Å². The zero-order valence-corrected chi connectivity index (χ0v) is 11.7. The van der Waals surface area contributed by atoms with Gasteiger partial charge in [-0.15, -0.1) is 0 Å². The summed E-state index contributed by atoms with van der Waals surface area (Å²) in [5.74, 6) is 5.23. The monoisotopic (exact) mass is 290 g/mol. The zero-order chi connectivity index (χ0) is 14.5. The molecule has 0 fully saturated rings. The van der Waals surface area contributed by atoms with Crippen molar-refractivity contribution in [1.82, 2.24) is 5.43 Å². The molecule has 2 aromatic carbocycles. The molecule has 0 saturated heterocycles. The van der Waals surface area contributed by atoms with Crippen molar-refractivity contribution < 1.29 is 9.53 Å². The summed E-state index contributed by atoms with van der Waals surface area (Å²) in [5, 5.41) is 0.446. The fraction of sp³-hybridized carbons (Fsp3) is 0.133. The Hall–Kier alpha value is -2.04. The molecular weight excluding hydrogens is 276 g/mol. The quantitative estimate of drug-likeness (QED) is 0.517. The molecule has 104 valence electrons. The number of rotatable bonds is 4. The highest BCUT2D eigenvalue weighted by atomic mass is 35.5. The highest BCUT2D eigenvalue weighted by Gasteiger charge is 2.22. The highest BCUT2D eigenvalue weighted by molar-refractivity contribution is 6.32. The number of nitrogens with one attached hydrogen (secondary N) is 1. The fourth-order valence-corrected chi connectivity index (χ4v) is 1.97. The topological polar surface area (TPSA) is 64.3 Å². The van der Waals surface area contributed by atoms with Gasteiger partial charge in [0.05, 0.1) is 5.02 Å². The Bertz CT molecular complexity index is 602. The molecule has 1 unspecified atom stereocenters. The number of nitrogens with two attached hydrogens (primary N) is 1. The van der Waals surface area contributed by atoms with Crippen LogP contribution in [0.25, 0.3) is 0 Å². The van der Waals surface area contributed by atoms with Gasteiger partial charge in [0.2, 0.25) is 6.10 Å². The maximum atomic E-state index is 11.9. The van der Waals surface area contributed by atoms with Crippen LogP contribution < -0.4 is 16.0 Å². The van der Waals surface area contributed by atoms with Crippen LogP contribution in [0.15, 0.2) is 48.5 Å². The lowest BCUT2D eigenvalue weighted by molar-refractivity contribution is -0.128. The van der Waals surface area contributed by atoms with Crippen molar-refractivity contribution in [3.05, 3.63) is 64.7 Å². The molecular formula is C15H15ClN2O2. The smallest absolute Gasteiger partial charge is 0.279 e. The summed E-state index contributed by atoms with van der Waals surface area (Å²) in [4.78, 5) is 11.9. The van der Waals surface area contributed by atoms with Gasteiger partial charge in [-0.25, -0.2) is 5.84 Å². The second-order valence-corrected chi connectivity index (χ2v) is 4.76. The van der Waals surface area contributed by atoms with E-state index in [0.29, 0.717) is 16.3 Å². The van der Waals surface area contributed by atoms with E-state index >= 15 is 0 Å². The van der Waals surface area contributed by atoms with Crippen molar-refractivity contribution >= 4 is 17.5 Å². The van der Waals surface area contributed by atoms with Crippen LogP contribution in [0, 0.1) is 6.92 Å². The number of ether oxygens (including phenoxy) is 1. The molecule has 0 aromatic heterocycles. The van der Waals surface area contributed by atoms with Gasteiger partial charge in [0.15, 0.2) is 0 Å². The molecule has 0 heterocycles. The summed E-state index contributed by atoms with van der Waals surface area (Å²) in [7, 11) is 0. The predicted molar refractivity (Wildman–Crippen MR) is 78.3 cm³/mol. The molecule has 1 amide bonds. The van der Waals surface area contributed by atoms with Crippen LogP contribution in [-0.2, 0) is 4.79 Å². The second kappa shape index (κ2) is 6.41. The van der Waals surface area contributed by atoms with E-state index in [4.69, 9.17) is 22.2 Å². The Morgan fingerprint density at radius 3 is 2.60 bits per heavy atom. The van der Waals surface area contributed by atoms with E-state index in [1.807, 2.05) is 31.2 Å². The number of hydrazine groups is 1. The van der Waals surface area contributed by atoms with Crippen molar-refractivity contribution in [2.75, 3.05) is 0 Å². The zero-order valence-electron chi connectivity index (χ0n) is 11.0. The molecule has 0 radical (unpaired) electrons. The molecule has 4 nitrogen and oxygen atoms in total. The van der Waals surface area contributed by atoms with Crippen LogP contribution in [0.3, 0.4) is 0 Å². The van der Waals surface area contributed by atoms with Gasteiger partial charge in [-0.1, -0.05) is 48.0 Å². The van der Waals surface area contributed by atoms with E-state index in [0.717, 1.165) is 5.56 Å². The number of aryl methyl sites for hydroxylation is 1.